The number of ether oxygens (including phenoxy) is 5. The standard InChI is InChI=1S/C18H21N5O5.C11H15N5O3.C10H13N5O4/c1-26-11-4-2-10(3-5-11)7-27-15-14(25)12(6-24)28-18(15)23-9-22-13-16(19)20-8-21-17(13)23;1-5-6(2-17)19-11(8(5)18)16-4-15-7-9(12)13-3-14-10(7)16;11-8-5-9(13-2-12-8)15(3-14-5)10-7(18)6(17)4(1-16)19-10/h2-5,8-9,12,14-15,18,24-25H,6-7H2,1H3,(H2,19,20,21);3-6,8,11,17-18H,2H2,1H3,(H2,12,13,14);2-4,6-7,10,16-18H,1H2,(H2,11,12,13)/t12-,14?,15+,18-;5?,6-,8+,11-;4-,6?,7+,10-/m111/s1. The van der Waals surface area contributed by atoms with Gasteiger partial charge in [-0.05, 0) is 17.7 Å². The van der Waals surface area contributed by atoms with Gasteiger partial charge in [-0.3, -0.25) is 13.7 Å². The van der Waals surface area contributed by atoms with Crippen LogP contribution in [0, 0.1) is 5.92 Å². The molecule has 0 radical (unpaired) electrons. The molecule has 0 amide bonds. The summed E-state index contributed by atoms with van der Waals surface area (Å²) < 4.78 is 32.7. The van der Waals surface area contributed by atoms with Crippen LogP contribution in [0.2, 0.25) is 0 Å². The van der Waals surface area contributed by atoms with Gasteiger partial charge in [0.2, 0.25) is 0 Å². The van der Waals surface area contributed by atoms with Crippen molar-refractivity contribution in [2.75, 3.05) is 44.1 Å². The number of fused-ring (bicyclic) bond motifs is 3. The van der Waals surface area contributed by atoms with Gasteiger partial charge in [0, 0.05) is 5.92 Å². The summed E-state index contributed by atoms with van der Waals surface area (Å²) in [5.41, 5.74) is 20.8. The molecule has 27 nitrogen and oxygen atoms in total. The third kappa shape index (κ3) is 8.71. The normalized spacial score (nSPS) is 28.4. The first kappa shape index (κ1) is 46.2. The molecule has 12 atom stereocenters. The second-order valence-electron chi connectivity index (χ2n) is 15.4. The minimum atomic E-state index is -1.19. The predicted molar refractivity (Wildman–Crippen MR) is 227 cm³/mol. The topological polar surface area (TPSA) is 397 Å². The van der Waals surface area contributed by atoms with Crippen molar-refractivity contribution in [1.82, 2.24) is 58.6 Å². The summed E-state index contributed by atoms with van der Waals surface area (Å²) in [6, 6.07) is 7.41. The van der Waals surface area contributed by atoms with Gasteiger partial charge in [-0.25, -0.2) is 44.9 Å². The number of nitrogens with zero attached hydrogens (tertiary/aromatic N) is 12. The minimum absolute atomic E-state index is 0.140. The van der Waals surface area contributed by atoms with Crippen molar-refractivity contribution in [3.05, 3.63) is 67.8 Å². The molecule has 3 saturated heterocycles. The summed E-state index contributed by atoms with van der Waals surface area (Å²) in [5.74, 6) is 1.31. The second-order valence-corrected chi connectivity index (χ2v) is 15.4. The number of hydrogen-bond donors (Lipinski definition) is 10. The fraction of sp³-hybridized carbons (Fsp3) is 0.462. The van der Waals surface area contributed by atoms with E-state index in [0.717, 1.165) is 11.3 Å². The van der Waals surface area contributed by atoms with Crippen LogP contribution in [-0.2, 0) is 25.6 Å². The maximum Gasteiger partial charge on any atom is 0.167 e. The summed E-state index contributed by atoms with van der Waals surface area (Å²) in [6.07, 6.45) is -0.804. The Morgan fingerprint density at radius 3 is 1.41 bits per heavy atom. The maximum absolute atomic E-state index is 10.6. The molecular formula is C39H49N15O12. The Labute approximate surface area is 373 Å². The largest absolute Gasteiger partial charge is 0.497 e. The second kappa shape index (κ2) is 19.6. The first-order chi connectivity index (χ1) is 31.9. The molecule has 0 bridgehead atoms. The summed E-state index contributed by atoms with van der Waals surface area (Å²) >= 11 is 0. The average molecular weight is 920 g/mol. The first-order valence-electron chi connectivity index (χ1n) is 20.4. The van der Waals surface area contributed by atoms with E-state index in [2.05, 4.69) is 44.9 Å². The van der Waals surface area contributed by atoms with Crippen molar-refractivity contribution in [3.8, 4) is 5.75 Å². The van der Waals surface area contributed by atoms with Crippen LogP contribution in [0.15, 0.2) is 62.2 Å². The highest BCUT2D eigenvalue weighted by Gasteiger charge is 2.47. The molecule has 3 unspecified atom stereocenters. The summed E-state index contributed by atoms with van der Waals surface area (Å²) in [4.78, 5) is 36.4. The highest BCUT2D eigenvalue weighted by Crippen LogP contribution is 2.37. The third-order valence-electron chi connectivity index (χ3n) is 11.5. The highest BCUT2D eigenvalue weighted by atomic mass is 16.6. The fourth-order valence-corrected chi connectivity index (χ4v) is 7.77. The molecule has 10 rings (SSSR count). The van der Waals surface area contributed by atoms with Gasteiger partial charge in [-0.15, -0.1) is 0 Å². The van der Waals surface area contributed by atoms with Gasteiger partial charge >= 0.3 is 0 Å². The van der Waals surface area contributed by atoms with E-state index in [-0.39, 0.29) is 43.2 Å². The van der Waals surface area contributed by atoms with Crippen molar-refractivity contribution in [2.24, 2.45) is 5.92 Å². The zero-order valence-corrected chi connectivity index (χ0v) is 35.3. The van der Waals surface area contributed by atoms with Crippen molar-refractivity contribution < 1.29 is 59.4 Å². The Morgan fingerprint density at radius 1 is 0.545 bits per heavy atom. The van der Waals surface area contributed by atoms with Crippen molar-refractivity contribution >= 4 is 50.9 Å². The lowest BCUT2D eigenvalue weighted by molar-refractivity contribution is -0.0761. The zero-order valence-electron chi connectivity index (χ0n) is 35.3. The number of anilines is 3. The smallest absolute Gasteiger partial charge is 0.167 e. The molecule has 0 spiro atoms. The number of aliphatic hydroxyl groups excluding tert-OH is 7. The Morgan fingerprint density at radius 2 is 0.970 bits per heavy atom. The van der Waals surface area contributed by atoms with Crippen LogP contribution in [0.4, 0.5) is 17.5 Å². The minimum Gasteiger partial charge on any atom is -0.497 e. The number of imidazole rings is 3. The molecule has 13 N–H and O–H groups in total. The molecule has 3 fully saturated rings. The molecule has 6 aromatic heterocycles. The molecule has 352 valence electrons. The van der Waals surface area contributed by atoms with E-state index in [1.165, 1.54) is 42.5 Å². The van der Waals surface area contributed by atoms with Crippen molar-refractivity contribution in [1.29, 1.82) is 0 Å². The van der Waals surface area contributed by atoms with Gasteiger partial charge in [0.15, 0.2) is 53.1 Å². The van der Waals surface area contributed by atoms with E-state index in [1.54, 1.807) is 16.2 Å². The lowest BCUT2D eigenvalue weighted by atomic mass is 10.0. The quantitative estimate of drug-likeness (QED) is 0.0682. The lowest BCUT2D eigenvalue weighted by Gasteiger charge is -2.22. The number of rotatable bonds is 10. The number of nitrogens with two attached hydrogens (primary N) is 3. The number of benzene rings is 1. The van der Waals surface area contributed by atoms with Gasteiger partial charge in [-0.1, -0.05) is 19.1 Å². The summed E-state index contributed by atoms with van der Waals surface area (Å²) in [7, 11) is 1.60. The molecular weight excluding hydrogens is 871 g/mol. The van der Waals surface area contributed by atoms with Crippen molar-refractivity contribution in [2.45, 2.75) is 81.0 Å². The zero-order chi connectivity index (χ0) is 46.8. The molecule has 27 heteroatoms. The number of nitrogen functional groups attached to an aromatic ring is 3. The summed E-state index contributed by atoms with van der Waals surface area (Å²) in [6.45, 7) is 1.20. The van der Waals surface area contributed by atoms with Gasteiger partial charge in [0.05, 0.1) is 58.6 Å². The van der Waals surface area contributed by atoms with Gasteiger partial charge in [0.25, 0.3) is 0 Å². The van der Waals surface area contributed by atoms with Gasteiger partial charge in [0.1, 0.15) is 84.0 Å². The lowest BCUT2D eigenvalue weighted by Crippen LogP contribution is -2.35. The van der Waals surface area contributed by atoms with E-state index in [0.29, 0.717) is 33.5 Å². The Hall–Kier alpha value is -6.37. The van der Waals surface area contributed by atoms with Crippen LogP contribution in [0.5, 0.6) is 5.75 Å². The number of aromatic nitrogens is 12. The molecule has 3 aliphatic heterocycles. The molecule has 1 aromatic carbocycles. The molecule has 0 saturated carbocycles. The highest BCUT2D eigenvalue weighted by molar-refractivity contribution is 5.82. The van der Waals surface area contributed by atoms with E-state index < -0.39 is 74.1 Å². The Bertz CT molecular complexity index is 2620. The Kier molecular flexibility index (Phi) is 13.7. The van der Waals surface area contributed by atoms with Crippen molar-refractivity contribution in [3.63, 3.8) is 0 Å². The average Bonchev–Trinajstić information content (AvgIpc) is 4.20. The van der Waals surface area contributed by atoms with Crippen LogP contribution in [0.3, 0.4) is 0 Å². The van der Waals surface area contributed by atoms with Crippen LogP contribution >= 0.6 is 0 Å². The van der Waals surface area contributed by atoms with E-state index >= 15 is 0 Å². The van der Waals surface area contributed by atoms with Crippen LogP contribution in [0.25, 0.3) is 33.5 Å². The number of aliphatic hydroxyl groups is 7. The first-order valence-corrected chi connectivity index (χ1v) is 20.4. The molecule has 3 aliphatic rings. The van der Waals surface area contributed by atoms with E-state index in [1.807, 2.05) is 31.2 Å². The van der Waals surface area contributed by atoms with E-state index in [4.69, 9.17) is 46.0 Å². The third-order valence-corrected chi connectivity index (χ3v) is 11.5. The predicted octanol–water partition coefficient (Wildman–Crippen LogP) is -2.43. The van der Waals surface area contributed by atoms with Crippen LogP contribution in [0.1, 0.15) is 31.2 Å². The van der Waals surface area contributed by atoms with Crippen LogP contribution < -0.4 is 21.9 Å². The fourth-order valence-electron chi connectivity index (χ4n) is 7.77. The van der Waals surface area contributed by atoms with Gasteiger partial charge in [-0.2, -0.15) is 0 Å². The number of hydrogen-bond acceptors (Lipinski definition) is 24. The van der Waals surface area contributed by atoms with Crippen LogP contribution in [-0.4, -0.2) is 170 Å². The molecule has 9 heterocycles. The Balaban J connectivity index is 0.000000139. The van der Waals surface area contributed by atoms with Gasteiger partial charge < -0.3 is 76.6 Å². The molecule has 0 aliphatic carbocycles. The number of methoxy groups -OCH3 is 1. The van der Waals surface area contributed by atoms with E-state index in [9.17, 15) is 30.6 Å². The molecule has 66 heavy (non-hydrogen) atoms. The summed E-state index contributed by atoms with van der Waals surface area (Å²) in [5, 5.41) is 68.3. The SMILES string of the molecule is CC1[C@@H](CO)O[C@@H](n2cnc3c(N)ncnc32)[C@H]1O.COc1ccc(CO[C@H]2C(O)[C@@H](CO)O[C@H]2n2cnc3c(N)ncnc32)cc1.Nc1ncnc2c1ncn2[C@@H]1O[C@H](CO)C(O)[C@@H]1O. The monoisotopic (exact) mass is 919 g/mol. The molecule has 7 aromatic rings. The maximum atomic E-state index is 10.6.